The molecule has 25 heavy (non-hydrogen) atoms. The van der Waals surface area contributed by atoms with Gasteiger partial charge in [0.15, 0.2) is 0 Å². The Morgan fingerprint density at radius 1 is 1.12 bits per heavy atom. The van der Waals surface area contributed by atoms with E-state index < -0.39 is 6.03 Å². The van der Waals surface area contributed by atoms with Crippen LogP contribution in [-0.4, -0.2) is 23.4 Å². The van der Waals surface area contributed by atoms with E-state index in [2.05, 4.69) is 27.9 Å². The number of ether oxygens (including phenoxy) is 1. The molecule has 1 saturated heterocycles. The molecule has 1 N–H and O–H groups in total. The Labute approximate surface area is 159 Å². The van der Waals surface area contributed by atoms with E-state index in [1.165, 1.54) is 8.47 Å². The fraction of sp³-hybridized carbons (Fsp3) is 0.158. The summed E-state index contributed by atoms with van der Waals surface area (Å²) in [5.41, 5.74) is 2.07. The highest BCUT2D eigenvalue weighted by atomic mass is 127. The summed E-state index contributed by atoms with van der Waals surface area (Å²) in [4.78, 5) is 25.1. The van der Waals surface area contributed by atoms with Crippen LogP contribution in [0.15, 0.2) is 54.2 Å². The molecule has 5 nitrogen and oxygen atoms in total. The van der Waals surface area contributed by atoms with Crippen molar-refractivity contribution < 1.29 is 14.3 Å². The molecule has 3 rings (SSSR count). The van der Waals surface area contributed by atoms with Gasteiger partial charge in [0.1, 0.15) is 18.1 Å². The van der Waals surface area contributed by atoms with Gasteiger partial charge in [-0.05, 0) is 59.4 Å². The maximum absolute atomic E-state index is 12.2. The molecule has 0 radical (unpaired) electrons. The summed E-state index contributed by atoms with van der Waals surface area (Å²) in [5.74, 6) is 0.338. The Morgan fingerprint density at radius 2 is 1.84 bits per heavy atom. The van der Waals surface area contributed by atoms with Crippen molar-refractivity contribution in [3.05, 3.63) is 68.9 Å². The minimum Gasteiger partial charge on any atom is -0.488 e. The van der Waals surface area contributed by atoms with Gasteiger partial charge >= 0.3 is 6.03 Å². The van der Waals surface area contributed by atoms with E-state index >= 15 is 0 Å². The summed E-state index contributed by atoms with van der Waals surface area (Å²) in [7, 11) is 0. The first-order valence-corrected chi connectivity index (χ1v) is 8.97. The third-order valence-corrected chi connectivity index (χ3v) is 4.52. The number of carbonyl (C=O) groups is 2. The average molecular weight is 448 g/mol. The van der Waals surface area contributed by atoms with E-state index in [4.69, 9.17) is 4.74 Å². The molecule has 0 atom stereocenters. The van der Waals surface area contributed by atoms with Gasteiger partial charge in [-0.3, -0.25) is 9.69 Å². The number of hydrogen-bond acceptors (Lipinski definition) is 3. The summed E-state index contributed by atoms with van der Waals surface area (Å²) < 4.78 is 7.07. The van der Waals surface area contributed by atoms with E-state index in [9.17, 15) is 9.59 Å². The van der Waals surface area contributed by atoms with Crippen LogP contribution in [-0.2, 0) is 11.4 Å². The van der Waals surface area contributed by atoms with Crippen LogP contribution in [0.3, 0.4) is 0 Å². The van der Waals surface area contributed by atoms with Gasteiger partial charge in [0, 0.05) is 15.7 Å². The number of carbonyl (C=O) groups excluding carboxylic acids is 2. The predicted octanol–water partition coefficient (Wildman–Crippen LogP) is 3.78. The minimum absolute atomic E-state index is 0.261. The fourth-order valence-corrected chi connectivity index (χ4v) is 2.85. The largest absolute Gasteiger partial charge is 0.488 e. The molecule has 0 spiro atoms. The number of amides is 3. The second-order valence-electron chi connectivity index (χ2n) is 5.49. The molecule has 1 aliphatic rings. The molecule has 2 aromatic rings. The summed E-state index contributed by atoms with van der Waals surface area (Å²) >= 11 is 2.26. The number of imide groups is 1. The van der Waals surface area contributed by atoms with Crippen molar-refractivity contribution in [1.29, 1.82) is 0 Å². The van der Waals surface area contributed by atoms with Gasteiger partial charge in [0.2, 0.25) is 0 Å². The molecule has 2 aromatic carbocycles. The number of halogens is 1. The molecule has 1 fully saturated rings. The van der Waals surface area contributed by atoms with Crippen LogP contribution in [0.4, 0.5) is 4.79 Å². The lowest BCUT2D eigenvalue weighted by molar-refractivity contribution is -0.122. The molecule has 1 heterocycles. The molecule has 128 valence electrons. The molecule has 0 aliphatic carbocycles. The van der Waals surface area contributed by atoms with Crippen LogP contribution < -0.4 is 10.1 Å². The first-order valence-electron chi connectivity index (χ1n) is 7.89. The number of likely N-dealkylation sites (N-methyl/N-ethyl adjacent to an activating group) is 1. The van der Waals surface area contributed by atoms with Crippen LogP contribution in [0.1, 0.15) is 18.1 Å². The Bertz CT molecular complexity index is 831. The smallest absolute Gasteiger partial charge is 0.328 e. The predicted molar refractivity (Wildman–Crippen MR) is 104 cm³/mol. The number of nitrogens with one attached hydrogen (secondary N) is 1. The van der Waals surface area contributed by atoms with E-state index in [0.717, 1.165) is 11.1 Å². The lowest BCUT2D eigenvalue weighted by atomic mass is 10.1. The zero-order chi connectivity index (χ0) is 17.8. The van der Waals surface area contributed by atoms with E-state index in [1.807, 2.05) is 48.5 Å². The number of benzene rings is 2. The summed E-state index contributed by atoms with van der Waals surface area (Å²) in [6.07, 6.45) is 1.65. The van der Waals surface area contributed by atoms with Crippen LogP contribution >= 0.6 is 22.6 Å². The van der Waals surface area contributed by atoms with Crippen molar-refractivity contribution in [1.82, 2.24) is 10.2 Å². The van der Waals surface area contributed by atoms with Crippen LogP contribution in [0, 0.1) is 3.57 Å². The first kappa shape index (κ1) is 17.5. The minimum atomic E-state index is -0.393. The summed E-state index contributed by atoms with van der Waals surface area (Å²) in [6, 6.07) is 15.1. The molecule has 0 saturated carbocycles. The number of urea groups is 1. The van der Waals surface area contributed by atoms with E-state index in [1.54, 1.807) is 13.0 Å². The van der Waals surface area contributed by atoms with Crippen LogP contribution in [0.25, 0.3) is 6.08 Å². The number of hydrogen-bond donors (Lipinski definition) is 1. The molecular formula is C19H17IN2O3. The van der Waals surface area contributed by atoms with Crippen LogP contribution in [0.5, 0.6) is 5.75 Å². The molecule has 1 aliphatic heterocycles. The second kappa shape index (κ2) is 7.69. The molecule has 6 heteroatoms. The number of nitrogens with zero attached hydrogens (tertiary/aromatic N) is 1. The monoisotopic (exact) mass is 448 g/mol. The Morgan fingerprint density at radius 3 is 2.52 bits per heavy atom. The van der Waals surface area contributed by atoms with Gasteiger partial charge in [-0.1, -0.05) is 30.3 Å². The van der Waals surface area contributed by atoms with E-state index in [-0.39, 0.29) is 11.6 Å². The van der Waals surface area contributed by atoms with Crippen molar-refractivity contribution in [2.24, 2.45) is 0 Å². The highest BCUT2D eigenvalue weighted by molar-refractivity contribution is 14.1. The zero-order valence-electron chi connectivity index (χ0n) is 13.7. The Hall–Kier alpha value is -2.35. The van der Waals surface area contributed by atoms with Crippen molar-refractivity contribution >= 4 is 40.6 Å². The maximum atomic E-state index is 12.2. The second-order valence-corrected chi connectivity index (χ2v) is 6.74. The maximum Gasteiger partial charge on any atom is 0.328 e. The molecule has 3 amide bonds. The van der Waals surface area contributed by atoms with Gasteiger partial charge in [-0.25, -0.2) is 4.79 Å². The number of para-hydroxylation sites is 1. The van der Waals surface area contributed by atoms with Crippen molar-refractivity contribution in [3.63, 3.8) is 0 Å². The zero-order valence-corrected chi connectivity index (χ0v) is 15.8. The Kier molecular flexibility index (Phi) is 5.37. The summed E-state index contributed by atoms with van der Waals surface area (Å²) in [5, 5.41) is 2.60. The van der Waals surface area contributed by atoms with E-state index in [0.29, 0.717) is 18.9 Å². The fourth-order valence-electron chi connectivity index (χ4n) is 2.49. The van der Waals surface area contributed by atoms with Crippen LogP contribution in [0.2, 0.25) is 0 Å². The molecular weight excluding hydrogens is 431 g/mol. The lowest BCUT2D eigenvalue weighted by Gasteiger charge is -2.10. The third kappa shape index (κ3) is 4.01. The van der Waals surface area contributed by atoms with Crippen molar-refractivity contribution in [2.75, 3.05) is 6.54 Å². The normalized spacial score (nSPS) is 15.6. The van der Waals surface area contributed by atoms with Crippen molar-refractivity contribution in [2.45, 2.75) is 13.5 Å². The average Bonchev–Trinajstić information content (AvgIpc) is 2.88. The lowest BCUT2D eigenvalue weighted by Crippen LogP contribution is -2.30. The molecule has 0 aromatic heterocycles. The third-order valence-electron chi connectivity index (χ3n) is 3.80. The molecule has 0 bridgehead atoms. The van der Waals surface area contributed by atoms with Gasteiger partial charge < -0.3 is 10.1 Å². The summed E-state index contributed by atoms with van der Waals surface area (Å²) in [6.45, 7) is 2.53. The highest BCUT2D eigenvalue weighted by Gasteiger charge is 2.32. The standard InChI is InChI=1S/C19H17IN2O3/c1-2-22-18(23)16(21-19(22)24)11-14-5-3-4-6-17(14)25-12-13-7-9-15(20)10-8-13/h3-11H,2,12H2,1H3,(H,21,24)/b16-11+. The van der Waals surface area contributed by atoms with Crippen molar-refractivity contribution in [3.8, 4) is 5.75 Å². The first-order chi connectivity index (χ1) is 12.1. The molecule has 0 unspecified atom stereocenters. The highest BCUT2D eigenvalue weighted by Crippen LogP contribution is 2.23. The van der Waals surface area contributed by atoms with Gasteiger partial charge in [0.25, 0.3) is 5.91 Å². The SMILES string of the molecule is CCN1C(=O)N/C(=C/c2ccccc2OCc2ccc(I)cc2)C1=O. The Balaban J connectivity index is 1.79. The number of rotatable bonds is 5. The topological polar surface area (TPSA) is 58.6 Å². The van der Waals surface area contributed by atoms with Gasteiger partial charge in [-0.15, -0.1) is 0 Å². The van der Waals surface area contributed by atoms with Gasteiger partial charge in [0.05, 0.1) is 0 Å². The van der Waals surface area contributed by atoms with Gasteiger partial charge in [-0.2, -0.15) is 0 Å². The quantitative estimate of drug-likeness (QED) is 0.431.